The zero-order valence-electron chi connectivity index (χ0n) is 8.41. The molecule has 0 atom stereocenters. The maximum Gasteiger partial charge on any atom is 0.0837 e. The van der Waals surface area contributed by atoms with Crippen molar-refractivity contribution in [3.63, 3.8) is 0 Å². The lowest BCUT2D eigenvalue weighted by molar-refractivity contribution is 0.823. The third-order valence-electron chi connectivity index (χ3n) is 0.910. The first-order chi connectivity index (χ1) is 5.84. The lowest BCUT2D eigenvalue weighted by atomic mass is 10.4. The largest absolute Gasteiger partial charge is 0.323 e. The molecule has 0 spiro atoms. The second-order valence-electron chi connectivity index (χ2n) is 1.40. The summed E-state index contributed by atoms with van der Waals surface area (Å²) in [5, 5.41) is 3.71. The molecular formula is C9H19N3. The van der Waals surface area contributed by atoms with Crippen LogP contribution < -0.4 is 5.84 Å². The number of hydrogen-bond acceptors (Lipinski definition) is 2. The molecule has 70 valence electrons. The summed E-state index contributed by atoms with van der Waals surface area (Å²) in [5.41, 5.74) is 0.824. The molecule has 1 aromatic rings. The molecule has 1 rings (SSSR count). The van der Waals surface area contributed by atoms with E-state index in [0.29, 0.717) is 0 Å². The minimum atomic E-state index is 0.824. The molecule has 0 aliphatic rings. The Hall–Kier alpha value is -1.25. The first-order valence-electron chi connectivity index (χ1n) is 4.26. The molecule has 3 heteroatoms. The predicted molar refractivity (Wildman–Crippen MR) is 55.2 cm³/mol. The van der Waals surface area contributed by atoms with Gasteiger partial charge in [0.15, 0.2) is 0 Å². The third-order valence-corrected chi connectivity index (χ3v) is 0.910. The Bertz CT molecular complexity index is 191. The monoisotopic (exact) mass is 169 g/mol. The highest BCUT2D eigenvalue weighted by atomic mass is 15.5. The van der Waals surface area contributed by atoms with Crippen LogP contribution in [-0.2, 0) is 0 Å². The molecule has 0 saturated heterocycles. The topological polar surface area (TPSA) is 43.8 Å². The van der Waals surface area contributed by atoms with Gasteiger partial charge in [-0.3, -0.25) is 0 Å². The molecule has 3 nitrogen and oxygen atoms in total. The van der Waals surface area contributed by atoms with Crippen molar-refractivity contribution in [3.05, 3.63) is 24.5 Å². The molecule has 0 fully saturated rings. The highest BCUT2D eigenvalue weighted by Crippen LogP contribution is 1.93. The lowest BCUT2D eigenvalue weighted by Crippen LogP contribution is -2.10. The van der Waals surface area contributed by atoms with E-state index in [1.165, 1.54) is 4.79 Å². The fraction of sp³-hybridized carbons (Fsp3) is 0.444. The molecule has 0 amide bonds. The van der Waals surface area contributed by atoms with Crippen LogP contribution in [-0.4, -0.2) is 9.89 Å². The Kier molecular flexibility index (Phi) is 10.8. The molecule has 0 saturated carbocycles. The van der Waals surface area contributed by atoms with E-state index in [4.69, 9.17) is 5.84 Å². The second kappa shape index (κ2) is 9.75. The van der Waals surface area contributed by atoms with E-state index < -0.39 is 0 Å². The Morgan fingerprint density at radius 2 is 1.92 bits per heavy atom. The van der Waals surface area contributed by atoms with Gasteiger partial charge in [0.2, 0.25) is 0 Å². The van der Waals surface area contributed by atoms with Gasteiger partial charge in [0.05, 0.1) is 11.9 Å². The molecule has 0 aliphatic carbocycles. The van der Waals surface area contributed by atoms with Crippen molar-refractivity contribution in [3.8, 4) is 0 Å². The van der Waals surface area contributed by atoms with Gasteiger partial charge >= 0.3 is 0 Å². The average Bonchev–Trinajstić information content (AvgIpc) is 2.58. The van der Waals surface area contributed by atoms with Crippen LogP contribution in [0.15, 0.2) is 18.8 Å². The van der Waals surface area contributed by atoms with Crippen molar-refractivity contribution in [1.29, 1.82) is 0 Å². The summed E-state index contributed by atoms with van der Waals surface area (Å²) in [7, 11) is 0. The van der Waals surface area contributed by atoms with Crippen LogP contribution in [0.25, 0.3) is 6.08 Å². The van der Waals surface area contributed by atoms with Crippen LogP contribution in [0.4, 0.5) is 0 Å². The first kappa shape index (κ1) is 13.3. The van der Waals surface area contributed by atoms with Crippen molar-refractivity contribution < 1.29 is 0 Å². The number of nitrogen functional groups attached to an aromatic ring is 1. The number of nitrogens with zero attached hydrogens (tertiary/aromatic N) is 2. The van der Waals surface area contributed by atoms with E-state index in [1.54, 1.807) is 18.3 Å². The van der Waals surface area contributed by atoms with Gasteiger partial charge in [-0.05, 0) is 12.1 Å². The maximum atomic E-state index is 5.29. The van der Waals surface area contributed by atoms with Crippen molar-refractivity contribution in [1.82, 2.24) is 9.89 Å². The molecule has 12 heavy (non-hydrogen) atoms. The summed E-state index contributed by atoms with van der Waals surface area (Å²) in [6.45, 7) is 11.5. The van der Waals surface area contributed by atoms with Crippen LogP contribution in [0.3, 0.4) is 0 Å². The van der Waals surface area contributed by atoms with Crippen molar-refractivity contribution >= 4 is 6.08 Å². The SMILES string of the molecule is C=Cc1ccnn1N.CC.CC. The highest BCUT2D eigenvalue weighted by Gasteiger charge is 1.87. The Morgan fingerprint density at radius 1 is 1.42 bits per heavy atom. The summed E-state index contributed by atoms with van der Waals surface area (Å²) in [6.07, 6.45) is 3.27. The second-order valence-corrected chi connectivity index (χ2v) is 1.40. The Morgan fingerprint density at radius 3 is 2.08 bits per heavy atom. The normalized spacial score (nSPS) is 7.00. The Balaban J connectivity index is 0. The molecule has 1 aromatic heterocycles. The number of rotatable bonds is 1. The highest BCUT2D eigenvalue weighted by molar-refractivity contribution is 5.40. The van der Waals surface area contributed by atoms with Crippen LogP contribution in [0.5, 0.6) is 0 Å². The fourth-order valence-electron chi connectivity index (χ4n) is 0.486. The van der Waals surface area contributed by atoms with Crippen molar-refractivity contribution in [2.75, 3.05) is 5.84 Å². The first-order valence-corrected chi connectivity index (χ1v) is 4.26. The average molecular weight is 169 g/mol. The van der Waals surface area contributed by atoms with Gasteiger partial charge in [0.25, 0.3) is 0 Å². The van der Waals surface area contributed by atoms with Gasteiger partial charge in [-0.15, -0.1) is 0 Å². The molecular weight excluding hydrogens is 150 g/mol. The van der Waals surface area contributed by atoms with Gasteiger partial charge in [0.1, 0.15) is 0 Å². The van der Waals surface area contributed by atoms with Gasteiger partial charge in [0, 0.05) is 0 Å². The molecule has 0 aliphatic heterocycles. The predicted octanol–water partition coefficient (Wildman–Crippen LogP) is 2.29. The zero-order valence-corrected chi connectivity index (χ0v) is 8.41. The summed E-state index contributed by atoms with van der Waals surface area (Å²) < 4.78 is 0. The molecule has 2 N–H and O–H groups in total. The van der Waals surface area contributed by atoms with E-state index in [0.717, 1.165) is 5.69 Å². The molecule has 0 radical (unpaired) electrons. The summed E-state index contributed by atoms with van der Waals surface area (Å²) in [6, 6.07) is 1.78. The summed E-state index contributed by atoms with van der Waals surface area (Å²) >= 11 is 0. The fourth-order valence-corrected chi connectivity index (χ4v) is 0.486. The van der Waals surface area contributed by atoms with Crippen molar-refractivity contribution in [2.24, 2.45) is 0 Å². The van der Waals surface area contributed by atoms with Crippen LogP contribution >= 0.6 is 0 Å². The summed E-state index contributed by atoms with van der Waals surface area (Å²) in [5.74, 6) is 5.29. The summed E-state index contributed by atoms with van der Waals surface area (Å²) in [4.78, 5) is 1.27. The van der Waals surface area contributed by atoms with Gasteiger partial charge in [-0.1, -0.05) is 34.3 Å². The van der Waals surface area contributed by atoms with E-state index in [2.05, 4.69) is 11.7 Å². The molecule has 0 bridgehead atoms. The number of hydrogen-bond donors (Lipinski definition) is 1. The van der Waals surface area contributed by atoms with E-state index in [9.17, 15) is 0 Å². The maximum absolute atomic E-state index is 5.29. The van der Waals surface area contributed by atoms with Crippen molar-refractivity contribution in [2.45, 2.75) is 27.7 Å². The number of aromatic nitrogens is 2. The van der Waals surface area contributed by atoms with Gasteiger partial charge in [-0.2, -0.15) is 9.89 Å². The minimum absolute atomic E-state index is 0.824. The lowest BCUT2D eigenvalue weighted by Gasteiger charge is -1.89. The van der Waals surface area contributed by atoms with Gasteiger partial charge in [-0.25, -0.2) is 0 Å². The number of nitrogens with two attached hydrogens (primary N) is 1. The minimum Gasteiger partial charge on any atom is -0.323 e. The van der Waals surface area contributed by atoms with Crippen LogP contribution in [0.1, 0.15) is 33.4 Å². The smallest absolute Gasteiger partial charge is 0.0837 e. The standard InChI is InChI=1S/C5H7N3.2C2H6/c1-2-5-3-4-7-8(5)6;2*1-2/h2-4H,1,6H2;2*1-2H3. The zero-order chi connectivity index (χ0) is 9.98. The van der Waals surface area contributed by atoms with E-state index >= 15 is 0 Å². The quantitative estimate of drug-likeness (QED) is 0.655. The Labute approximate surface area is 74.9 Å². The van der Waals surface area contributed by atoms with E-state index in [1.807, 2.05) is 27.7 Å². The third kappa shape index (κ3) is 4.55. The molecule has 1 heterocycles. The van der Waals surface area contributed by atoms with E-state index in [-0.39, 0.29) is 0 Å². The van der Waals surface area contributed by atoms with Crippen LogP contribution in [0.2, 0.25) is 0 Å². The van der Waals surface area contributed by atoms with Crippen LogP contribution in [0, 0.1) is 0 Å². The molecule has 0 unspecified atom stereocenters. The molecule has 0 aromatic carbocycles. The van der Waals surface area contributed by atoms with Gasteiger partial charge < -0.3 is 5.84 Å².